The van der Waals surface area contributed by atoms with Crippen molar-refractivity contribution in [3.8, 4) is 0 Å². The summed E-state index contributed by atoms with van der Waals surface area (Å²) in [5.41, 5.74) is -0.299. The Kier molecular flexibility index (Phi) is 5.94. The molecule has 0 saturated carbocycles. The zero-order valence-corrected chi connectivity index (χ0v) is 14.8. The fourth-order valence-corrected chi connectivity index (χ4v) is 2.77. The Morgan fingerprint density at radius 1 is 1.30 bits per heavy atom. The van der Waals surface area contributed by atoms with Gasteiger partial charge in [-0.15, -0.1) is 5.10 Å². The summed E-state index contributed by atoms with van der Waals surface area (Å²) < 4.78 is 32.5. The molecule has 2 heterocycles. The van der Waals surface area contributed by atoms with Crippen molar-refractivity contribution in [2.75, 3.05) is 30.3 Å². The number of nitrogens with zero attached hydrogens (tertiary/aromatic N) is 4. The largest absolute Gasteiger partial charge is 0.450 e. The molecule has 1 aliphatic rings. The summed E-state index contributed by atoms with van der Waals surface area (Å²) in [6.45, 7) is 3.23. The molecule has 1 fully saturated rings. The molecule has 1 aromatic heterocycles. The number of halogens is 2. The monoisotopic (exact) mass is 378 g/mol. The van der Waals surface area contributed by atoms with Crippen LogP contribution in [0.1, 0.15) is 19.8 Å². The molecular formula is C17H20F2N6O2. The fourth-order valence-electron chi connectivity index (χ4n) is 2.77. The average Bonchev–Trinajstić information content (AvgIpc) is 2.66. The van der Waals surface area contributed by atoms with Crippen molar-refractivity contribution in [1.29, 1.82) is 0 Å². The predicted molar refractivity (Wildman–Crippen MR) is 94.7 cm³/mol. The van der Waals surface area contributed by atoms with Crippen LogP contribution in [0.5, 0.6) is 0 Å². The number of amides is 1. The first-order chi connectivity index (χ1) is 13.1. The van der Waals surface area contributed by atoms with Gasteiger partial charge in [0.25, 0.3) is 0 Å². The Morgan fingerprint density at radius 2 is 2.00 bits per heavy atom. The molecule has 10 heteroatoms. The van der Waals surface area contributed by atoms with Crippen molar-refractivity contribution in [2.24, 2.45) is 0 Å². The molecule has 27 heavy (non-hydrogen) atoms. The van der Waals surface area contributed by atoms with Crippen LogP contribution in [0.2, 0.25) is 0 Å². The number of anilines is 3. The first-order valence-corrected chi connectivity index (χ1v) is 8.65. The summed E-state index contributed by atoms with van der Waals surface area (Å²) in [5, 5.41) is 13.4. The van der Waals surface area contributed by atoms with E-state index in [2.05, 4.69) is 25.8 Å². The number of rotatable bonds is 5. The lowest BCUT2D eigenvalue weighted by atomic mass is 10.1. The number of hydrogen-bond acceptors (Lipinski definition) is 7. The van der Waals surface area contributed by atoms with E-state index in [9.17, 15) is 13.6 Å². The van der Waals surface area contributed by atoms with Crippen LogP contribution in [-0.4, -0.2) is 51.9 Å². The topological polar surface area (TPSA) is 92.3 Å². The second kappa shape index (κ2) is 8.56. The molecule has 1 amide bonds. The normalized spacial score (nSPS) is 14.7. The summed E-state index contributed by atoms with van der Waals surface area (Å²) in [5.74, 6) is -1.05. The molecule has 2 aromatic rings. The number of piperidine rings is 1. The Balaban J connectivity index is 1.59. The number of hydrogen-bond donors (Lipinski definition) is 2. The van der Waals surface area contributed by atoms with Gasteiger partial charge in [-0.3, -0.25) is 0 Å². The predicted octanol–water partition coefficient (Wildman–Crippen LogP) is 2.93. The summed E-state index contributed by atoms with van der Waals surface area (Å²) >= 11 is 0. The van der Waals surface area contributed by atoms with Crippen LogP contribution in [0, 0.1) is 11.6 Å². The van der Waals surface area contributed by atoms with E-state index >= 15 is 0 Å². The van der Waals surface area contributed by atoms with Crippen molar-refractivity contribution in [3.63, 3.8) is 0 Å². The van der Waals surface area contributed by atoms with E-state index in [1.807, 2.05) is 0 Å². The Hall–Kier alpha value is -3.04. The highest BCUT2D eigenvalue weighted by Gasteiger charge is 2.24. The molecule has 1 aliphatic heterocycles. The summed E-state index contributed by atoms with van der Waals surface area (Å²) in [6.07, 6.45) is 2.36. The third-order valence-corrected chi connectivity index (χ3v) is 4.13. The van der Waals surface area contributed by atoms with Gasteiger partial charge >= 0.3 is 6.09 Å². The van der Waals surface area contributed by atoms with Crippen molar-refractivity contribution in [2.45, 2.75) is 25.8 Å². The second-order valence-corrected chi connectivity index (χ2v) is 5.99. The molecule has 0 unspecified atom stereocenters. The molecule has 8 nitrogen and oxygen atoms in total. The van der Waals surface area contributed by atoms with Gasteiger partial charge in [-0.1, -0.05) is 6.07 Å². The van der Waals surface area contributed by atoms with Crippen LogP contribution in [0.3, 0.4) is 0 Å². The molecule has 1 aromatic carbocycles. The zero-order chi connectivity index (χ0) is 19.2. The van der Waals surface area contributed by atoms with Gasteiger partial charge in [-0.2, -0.15) is 10.1 Å². The Bertz CT molecular complexity index is 778. The molecule has 0 bridgehead atoms. The number of likely N-dealkylation sites (tertiary alicyclic amines) is 1. The number of carbonyl (C=O) groups excluding carboxylic acids is 1. The van der Waals surface area contributed by atoms with Gasteiger partial charge in [0.15, 0.2) is 5.82 Å². The van der Waals surface area contributed by atoms with Crippen molar-refractivity contribution in [3.05, 3.63) is 36.0 Å². The van der Waals surface area contributed by atoms with E-state index in [4.69, 9.17) is 4.74 Å². The van der Waals surface area contributed by atoms with Crippen LogP contribution in [-0.2, 0) is 4.74 Å². The molecule has 1 saturated heterocycles. The van der Waals surface area contributed by atoms with Crippen LogP contribution in [0.25, 0.3) is 0 Å². The smallest absolute Gasteiger partial charge is 0.409 e. The first-order valence-electron chi connectivity index (χ1n) is 8.65. The van der Waals surface area contributed by atoms with E-state index < -0.39 is 11.6 Å². The summed E-state index contributed by atoms with van der Waals surface area (Å²) in [4.78, 5) is 17.6. The van der Waals surface area contributed by atoms with E-state index in [1.54, 1.807) is 11.8 Å². The van der Waals surface area contributed by atoms with E-state index in [0.717, 1.165) is 12.1 Å². The maximum absolute atomic E-state index is 13.7. The van der Waals surface area contributed by atoms with Gasteiger partial charge in [0, 0.05) is 19.1 Å². The maximum atomic E-state index is 13.7. The number of aromatic nitrogens is 3. The second-order valence-electron chi connectivity index (χ2n) is 5.99. The van der Waals surface area contributed by atoms with Crippen molar-refractivity contribution < 1.29 is 18.3 Å². The van der Waals surface area contributed by atoms with Crippen LogP contribution < -0.4 is 10.6 Å². The lowest BCUT2D eigenvalue weighted by Crippen LogP contribution is -2.42. The quantitative estimate of drug-likeness (QED) is 0.826. The number of carbonyl (C=O) groups is 1. The highest BCUT2D eigenvalue weighted by Crippen LogP contribution is 2.22. The number of nitrogens with one attached hydrogen (secondary N) is 2. The summed E-state index contributed by atoms with van der Waals surface area (Å²) in [7, 11) is 0. The van der Waals surface area contributed by atoms with Crippen LogP contribution in [0.4, 0.5) is 31.0 Å². The average molecular weight is 378 g/mol. The maximum Gasteiger partial charge on any atom is 0.409 e. The van der Waals surface area contributed by atoms with Gasteiger partial charge in [-0.25, -0.2) is 13.6 Å². The Morgan fingerprint density at radius 3 is 2.67 bits per heavy atom. The third kappa shape index (κ3) is 4.78. The van der Waals surface area contributed by atoms with Crippen LogP contribution in [0.15, 0.2) is 24.4 Å². The summed E-state index contributed by atoms with van der Waals surface area (Å²) in [6, 6.07) is 3.63. The minimum Gasteiger partial charge on any atom is -0.450 e. The van der Waals surface area contributed by atoms with E-state index in [1.165, 1.54) is 12.3 Å². The van der Waals surface area contributed by atoms with E-state index in [0.29, 0.717) is 32.5 Å². The zero-order valence-electron chi connectivity index (χ0n) is 14.8. The lowest BCUT2D eigenvalue weighted by Gasteiger charge is -2.31. The first kappa shape index (κ1) is 18.7. The highest BCUT2D eigenvalue weighted by molar-refractivity contribution is 5.67. The van der Waals surface area contributed by atoms with Gasteiger partial charge in [0.1, 0.15) is 17.3 Å². The standard InChI is InChI=1S/C17H20F2N6O2/c1-2-27-17(26)25-8-6-11(7-9-25)21-16-23-14(10-20-24-16)22-15-12(18)4-3-5-13(15)19/h3-5,10-11H,2,6-9H2,1H3,(H2,21,22,23,24). The van der Waals surface area contributed by atoms with Gasteiger partial charge in [0.2, 0.25) is 5.95 Å². The highest BCUT2D eigenvalue weighted by atomic mass is 19.1. The van der Waals surface area contributed by atoms with Crippen LogP contribution >= 0.6 is 0 Å². The van der Waals surface area contributed by atoms with Crippen molar-refractivity contribution in [1.82, 2.24) is 20.1 Å². The number of para-hydroxylation sites is 1. The van der Waals surface area contributed by atoms with Crippen molar-refractivity contribution >= 4 is 23.5 Å². The lowest BCUT2D eigenvalue weighted by molar-refractivity contribution is 0.0983. The minimum atomic E-state index is -0.727. The molecule has 144 valence electrons. The van der Waals surface area contributed by atoms with Gasteiger partial charge in [-0.05, 0) is 31.9 Å². The SMILES string of the molecule is CCOC(=O)N1CCC(Nc2nncc(Nc3c(F)cccc3F)n2)CC1. The molecule has 3 rings (SSSR count). The molecule has 0 atom stereocenters. The fraction of sp³-hybridized carbons (Fsp3) is 0.412. The molecule has 0 radical (unpaired) electrons. The minimum absolute atomic E-state index is 0.0536. The molecular weight excluding hydrogens is 358 g/mol. The molecule has 0 aliphatic carbocycles. The van der Waals surface area contributed by atoms with Gasteiger partial charge < -0.3 is 20.3 Å². The Labute approximate surface area is 154 Å². The number of ether oxygens (including phenoxy) is 1. The molecule has 0 spiro atoms. The third-order valence-electron chi connectivity index (χ3n) is 4.13. The van der Waals surface area contributed by atoms with E-state index in [-0.39, 0.29) is 29.6 Å². The molecule has 2 N–H and O–H groups in total. The van der Waals surface area contributed by atoms with Gasteiger partial charge in [0.05, 0.1) is 12.8 Å². The number of benzene rings is 1.